The lowest BCUT2D eigenvalue weighted by molar-refractivity contribution is -0.115. The summed E-state index contributed by atoms with van der Waals surface area (Å²) in [4.78, 5) is 17.3. The number of amides is 1. The number of para-hydroxylation sites is 3. The summed E-state index contributed by atoms with van der Waals surface area (Å²) in [5, 5.41) is 3.56. The van der Waals surface area contributed by atoms with Gasteiger partial charge in [0.2, 0.25) is 5.91 Å². The van der Waals surface area contributed by atoms with Crippen LogP contribution in [0.4, 0.5) is 5.69 Å². The number of nitrogens with one attached hydrogen (secondary N) is 1. The Morgan fingerprint density at radius 2 is 1.96 bits per heavy atom. The molecule has 0 aliphatic carbocycles. The van der Waals surface area contributed by atoms with Gasteiger partial charge in [0.05, 0.1) is 22.9 Å². The number of imidazole rings is 1. The number of fused-ring (bicyclic) bond motifs is 1. The van der Waals surface area contributed by atoms with Gasteiger partial charge in [0.1, 0.15) is 0 Å². The zero-order valence-electron chi connectivity index (χ0n) is 15.2. The summed E-state index contributed by atoms with van der Waals surface area (Å²) in [5.74, 6) is -0.0327. The molecule has 1 atom stereocenters. The van der Waals surface area contributed by atoms with E-state index in [-0.39, 0.29) is 11.2 Å². The number of carbonyl (C=O) groups excluding carboxylic acids is 1. The first-order valence-corrected chi connectivity index (χ1v) is 9.45. The van der Waals surface area contributed by atoms with Crippen LogP contribution in [-0.4, -0.2) is 34.4 Å². The van der Waals surface area contributed by atoms with Gasteiger partial charge in [-0.25, -0.2) is 4.98 Å². The van der Waals surface area contributed by atoms with Crippen molar-refractivity contribution in [3.8, 4) is 0 Å². The topological polar surface area (TPSA) is 56.1 Å². The smallest absolute Gasteiger partial charge is 0.237 e. The standard InChI is InChI=1S/C20H23N3O2S/c1-14-8-4-5-9-16(14)21-19(24)15(2)26-20-22-17-10-6-7-11-18(17)23(20)12-13-25-3/h4-11,15H,12-13H2,1-3H3,(H,21,24). The van der Waals surface area contributed by atoms with Crippen molar-refractivity contribution in [2.45, 2.75) is 30.8 Å². The molecular formula is C20H23N3O2S. The molecule has 0 saturated carbocycles. The van der Waals surface area contributed by atoms with Gasteiger partial charge in [-0.1, -0.05) is 42.1 Å². The molecule has 1 unspecified atom stereocenters. The SMILES string of the molecule is COCCn1c(SC(C)C(=O)Nc2ccccc2C)nc2ccccc21. The number of anilines is 1. The van der Waals surface area contributed by atoms with Crippen LogP contribution >= 0.6 is 11.8 Å². The van der Waals surface area contributed by atoms with Crippen molar-refractivity contribution in [1.29, 1.82) is 0 Å². The first kappa shape index (κ1) is 18.5. The van der Waals surface area contributed by atoms with Crippen LogP contribution in [0.1, 0.15) is 12.5 Å². The largest absolute Gasteiger partial charge is 0.383 e. The number of aromatic nitrogens is 2. The van der Waals surface area contributed by atoms with Crippen molar-refractivity contribution >= 4 is 34.4 Å². The number of ether oxygens (including phenoxy) is 1. The summed E-state index contributed by atoms with van der Waals surface area (Å²) in [6, 6.07) is 15.8. The van der Waals surface area contributed by atoms with Gasteiger partial charge in [0.15, 0.2) is 5.16 Å². The van der Waals surface area contributed by atoms with Crippen molar-refractivity contribution in [3.63, 3.8) is 0 Å². The van der Waals surface area contributed by atoms with E-state index in [1.165, 1.54) is 11.8 Å². The summed E-state index contributed by atoms with van der Waals surface area (Å²) < 4.78 is 7.34. The molecule has 3 rings (SSSR count). The maximum atomic E-state index is 12.6. The van der Waals surface area contributed by atoms with E-state index in [2.05, 4.69) is 9.88 Å². The fourth-order valence-electron chi connectivity index (χ4n) is 2.70. The molecule has 26 heavy (non-hydrogen) atoms. The van der Waals surface area contributed by atoms with E-state index < -0.39 is 0 Å². The molecular weight excluding hydrogens is 346 g/mol. The molecule has 6 heteroatoms. The predicted molar refractivity (Wildman–Crippen MR) is 107 cm³/mol. The predicted octanol–water partition coefficient (Wildman–Crippen LogP) is 4.11. The Labute approximate surface area is 157 Å². The molecule has 0 saturated heterocycles. The minimum Gasteiger partial charge on any atom is -0.383 e. The Morgan fingerprint density at radius 1 is 1.23 bits per heavy atom. The third-order valence-corrected chi connectivity index (χ3v) is 5.28. The molecule has 5 nitrogen and oxygen atoms in total. The molecule has 0 aliphatic rings. The highest BCUT2D eigenvalue weighted by Crippen LogP contribution is 2.28. The number of hydrogen-bond acceptors (Lipinski definition) is 4. The molecule has 136 valence electrons. The molecule has 1 amide bonds. The normalized spacial score (nSPS) is 12.3. The molecule has 0 aliphatic heterocycles. The summed E-state index contributed by atoms with van der Waals surface area (Å²) in [7, 11) is 1.68. The number of thioether (sulfide) groups is 1. The van der Waals surface area contributed by atoms with Crippen molar-refractivity contribution in [2.75, 3.05) is 19.0 Å². The van der Waals surface area contributed by atoms with Gasteiger partial charge >= 0.3 is 0 Å². The fraction of sp³-hybridized carbons (Fsp3) is 0.300. The van der Waals surface area contributed by atoms with Gasteiger partial charge < -0.3 is 14.6 Å². The zero-order chi connectivity index (χ0) is 18.5. The minimum absolute atomic E-state index is 0.0327. The Bertz CT molecular complexity index is 907. The number of nitrogens with zero attached hydrogens (tertiary/aromatic N) is 2. The van der Waals surface area contributed by atoms with Crippen LogP contribution in [0.15, 0.2) is 53.7 Å². The average molecular weight is 369 g/mol. The van der Waals surface area contributed by atoms with Crippen LogP contribution < -0.4 is 5.32 Å². The molecule has 2 aromatic carbocycles. The highest BCUT2D eigenvalue weighted by Gasteiger charge is 2.20. The average Bonchev–Trinajstić information content (AvgIpc) is 2.98. The third kappa shape index (κ3) is 4.08. The Hall–Kier alpha value is -2.31. The van der Waals surface area contributed by atoms with E-state index in [1.807, 2.05) is 62.4 Å². The van der Waals surface area contributed by atoms with Gasteiger partial charge in [0.25, 0.3) is 0 Å². The highest BCUT2D eigenvalue weighted by atomic mass is 32.2. The maximum Gasteiger partial charge on any atom is 0.237 e. The fourth-order valence-corrected chi connectivity index (χ4v) is 3.65. The van der Waals surface area contributed by atoms with Crippen molar-refractivity contribution in [3.05, 3.63) is 54.1 Å². The van der Waals surface area contributed by atoms with Gasteiger partial charge in [-0.05, 0) is 37.6 Å². The third-order valence-electron chi connectivity index (χ3n) is 4.19. The quantitative estimate of drug-likeness (QED) is 0.637. The maximum absolute atomic E-state index is 12.6. The van der Waals surface area contributed by atoms with Gasteiger partial charge in [-0.3, -0.25) is 4.79 Å². The van der Waals surface area contributed by atoms with Gasteiger partial charge in [0, 0.05) is 19.3 Å². The van der Waals surface area contributed by atoms with Crippen molar-refractivity contribution in [2.24, 2.45) is 0 Å². The molecule has 0 fully saturated rings. The van der Waals surface area contributed by atoms with E-state index in [9.17, 15) is 4.79 Å². The number of rotatable bonds is 7. The zero-order valence-corrected chi connectivity index (χ0v) is 16.0. The Kier molecular flexibility index (Phi) is 5.96. The Balaban J connectivity index is 1.79. The molecule has 1 heterocycles. The Morgan fingerprint density at radius 3 is 2.73 bits per heavy atom. The highest BCUT2D eigenvalue weighted by molar-refractivity contribution is 8.00. The summed E-state index contributed by atoms with van der Waals surface area (Å²) in [6.07, 6.45) is 0. The summed E-state index contributed by atoms with van der Waals surface area (Å²) >= 11 is 1.46. The molecule has 0 radical (unpaired) electrons. The second-order valence-electron chi connectivity index (χ2n) is 6.09. The number of aryl methyl sites for hydroxylation is 1. The lowest BCUT2D eigenvalue weighted by Crippen LogP contribution is -2.23. The summed E-state index contributed by atoms with van der Waals surface area (Å²) in [5.41, 5.74) is 3.87. The lowest BCUT2D eigenvalue weighted by Gasteiger charge is -2.14. The van der Waals surface area contributed by atoms with Gasteiger partial charge in [-0.2, -0.15) is 0 Å². The van der Waals surface area contributed by atoms with Crippen molar-refractivity contribution < 1.29 is 9.53 Å². The second-order valence-corrected chi connectivity index (χ2v) is 7.40. The number of methoxy groups -OCH3 is 1. The number of hydrogen-bond donors (Lipinski definition) is 1. The first-order chi connectivity index (χ1) is 12.6. The van der Waals surface area contributed by atoms with Crippen LogP contribution in [0.25, 0.3) is 11.0 Å². The van der Waals surface area contributed by atoms with Crippen LogP contribution in [0.5, 0.6) is 0 Å². The van der Waals surface area contributed by atoms with Crippen LogP contribution in [-0.2, 0) is 16.1 Å². The van der Waals surface area contributed by atoms with E-state index in [1.54, 1.807) is 7.11 Å². The van der Waals surface area contributed by atoms with E-state index in [0.717, 1.165) is 27.4 Å². The molecule has 1 N–H and O–H groups in total. The lowest BCUT2D eigenvalue weighted by atomic mass is 10.2. The summed E-state index contributed by atoms with van der Waals surface area (Å²) in [6.45, 7) is 5.18. The first-order valence-electron chi connectivity index (χ1n) is 8.57. The van der Waals surface area contributed by atoms with Crippen LogP contribution in [0.3, 0.4) is 0 Å². The minimum atomic E-state index is -0.271. The van der Waals surface area contributed by atoms with E-state index in [0.29, 0.717) is 13.2 Å². The molecule has 0 bridgehead atoms. The van der Waals surface area contributed by atoms with Crippen LogP contribution in [0, 0.1) is 6.92 Å². The second kappa shape index (κ2) is 8.38. The molecule has 0 spiro atoms. The van der Waals surface area contributed by atoms with Crippen LogP contribution in [0.2, 0.25) is 0 Å². The van der Waals surface area contributed by atoms with E-state index >= 15 is 0 Å². The number of carbonyl (C=O) groups is 1. The van der Waals surface area contributed by atoms with Crippen molar-refractivity contribution in [1.82, 2.24) is 9.55 Å². The monoisotopic (exact) mass is 369 g/mol. The van der Waals surface area contributed by atoms with E-state index in [4.69, 9.17) is 9.72 Å². The molecule has 3 aromatic rings. The number of benzene rings is 2. The van der Waals surface area contributed by atoms with Gasteiger partial charge in [-0.15, -0.1) is 0 Å². The molecule has 1 aromatic heterocycles.